The molecule has 0 aromatic carbocycles. The molecule has 1 unspecified atom stereocenters. The Balaban J connectivity index is 2.29. The molecular weight excluding hydrogens is 206 g/mol. The van der Waals surface area contributed by atoms with Crippen molar-refractivity contribution in [3.8, 4) is 0 Å². The standard InChI is InChI=1S/C11H21N3O2/c1-7(9(15)14-11(2,3)4)12-10(16)13-8-5-6-8/h7-8H,5-6H2,1-4H3,(H,14,15)(H2,12,13,16). The highest BCUT2D eigenvalue weighted by Crippen LogP contribution is 2.18. The van der Waals surface area contributed by atoms with Crippen LogP contribution < -0.4 is 16.0 Å². The van der Waals surface area contributed by atoms with Crippen molar-refractivity contribution in [2.45, 2.75) is 58.2 Å². The maximum absolute atomic E-state index is 11.6. The minimum absolute atomic E-state index is 0.168. The molecule has 1 saturated carbocycles. The maximum Gasteiger partial charge on any atom is 0.315 e. The predicted molar refractivity (Wildman–Crippen MR) is 62.0 cm³/mol. The largest absolute Gasteiger partial charge is 0.350 e. The number of amides is 3. The zero-order valence-electron chi connectivity index (χ0n) is 10.4. The lowest BCUT2D eigenvalue weighted by atomic mass is 10.1. The lowest BCUT2D eigenvalue weighted by Gasteiger charge is -2.23. The van der Waals surface area contributed by atoms with Gasteiger partial charge in [0.2, 0.25) is 5.91 Å². The summed E-state index contributed by atoms with van der Waals surface area (Å²) in [6.45, 7) is 7.39. The summed E-state index contributed by atoms with van der Waals surface area (Å²) in [4.78, 5) is 23.0. The van der Waals surface area contributed by atoms with E-state index in [9.17, 15) is 9.59 Å². The molecule has 0 aliphatic heterocycles. The van der Waals surface area contributed by atoms with Crippen molar-refractivity contribution in [1.82, 2.24) is 16.0 Å². The first-order valence-corrected chi connectivity index (χ1v) is 5.67. The Morgan fingerprint density at radius 1 is 1.25 bits per heavy atom. The van der Waals surface area contributed by atoms with E-state index in [1.807, 2.05) is 20.8 Å². The van der Waals surface area contributed by atoms with Crippen LogP contribution in [0, 0.1) is 0 Å². The second-order valence-corrected chi connectivity index (χ2v) is 5.35. The van der Waals surface area contributed by atoms with Crippen molar-refractivity contribution in [2.75, 3.05) is 0 Å². The Morgan fingerprint density at radius 3 is 2.25 bits per heavy atom. The normalized spacial score (nSPS) is 17.5. The smallest absolute Gasteiger partial charge is 0.315 e. The van der Waals surface area contributed by atoms with Crippen molar-refractivity contribution < 1.29 is 9.59 Å². The van der Waals surface area contributed by atoms with Gasteiger partial charge in [0, 0.05) is 11.6 Å². The van der Waals surface area contributed by atoms with E-state index in [-0.39, 0.29) is 17.5 Å². The quantitative estimate of drug-likeness (QED) is 0.666. The van der Waals surface area contributed by atoms with Gasteiger partial charge < -0.3 is 16.0 Å². The molecule has 5 nitrogen and oxygen atoms in total. The van der Waals surface area contributed by atoms with Crippen molar-refractivity contribution >= 4 is 11.9 Å². The molecule has 5 heteroatoms. The molecule has 1 aliphatic rings. The summed E-state index contributed by atoms with van der Waals surface area (Å²) in [5.41, 5.74) is -0.278. The molecule has 1 aliphatic carbocycles. The van der Waals surface area contributed by atoms with Crippen LogP contribution in [0.1, 0.15) is 40.5 Å². The van der Waals surface area contributed by atoms with Crippen molar-refractivity contribution in [2.24, 2.45) is 0 Å². The van der Waals surface area contributed by atoms with Gasteiger partial charge in [0.05, 0.1) is 0 Å². The molecule has 0 bridgehead atoms. The minimum atomic E-state index is -0.516. The van der Waals surface area contributed by atoms with Crippen LogP contribution in [0.3, 0.4) is 0 Å². The van der Waals surface area contributed by atoms with Gasteiger partial charge in [-0.25, -0.2) is 4.79 Å². The molecule has 0 spiro atoms. The van der Waals surface area contributed by atoms with Crippen LogP contribution in [-0.4, -0.2) is 29.6 Å². The summed E-state index contributed by atoms with van der Waals surface area (Å²) in [7, 11) is 0. The highest BCUT2D eigenvalue weighted by molar-refractivity contribution is 5.87. The minimum Gasteiger partial charge on any atom is -0.350 e. The van der Waals surface area contributed by atoms with Gasteiger partial charge in [-0.1, -0.05) is 0 Å². The summed E-state index contributed by atoms with van der Waals surface area (Å²) in [5.74, 6) is -0.168. The van der Waals surface area contributed by atoms with Crippen molar-refractivity contribution in [1.29, 1.82) is 0 Å². The third kappa shape index (κ3) is 5.00. The van der Waals surface area contributed by atoms with Crippen LogP contribution in [-0.2, 0) is 4.79 Å². The van der Waals surface area contributed by atoms with Crippen LogP contribution >= 0.6 is 0 Å². The maximum atomic E-state index is 11.6. The van der Waals surface area contributed by atoms with Gasteiger partial charge in [0.15, 0.2) is 0 Å². The summed E-state index contributed by atoms with van der Waals surface area (Å²) >= 11 is 0. The molecular formula is C11H21N3O2. The van der Waals surface area contributed by atoms with Gasteiger partial charge in [-0.3, -0.25) is 4.79 Å². The van der Waals surface area contributed by atoms with Crippen LogP contribution in [0.5, 0.6) is 0 Å². The number of urea groups is 1. The van der Waals surface area contributed by atoms with E-state index in [4.69, 9.17) is 0 Å². The number of hydrogen-bond acceptors (Lipinski definition) is 2. The molecule has 3 amide bonds. The summed E-state index contributed by atoms with van der Waals surface area (Å²) < 4.78 is 0. The number of rotatable bonds is 3. The number of carbonyl (C=O) groups excluding carboxylic acids is 2. The Morgan fingerprint density at radius 2 is 1.81 bits per heavy atom. The lowest BCUT2D eigenvalue weighted by Crippen LogP contribution is -2.52. The van der Waals surface area contributed by atoms with Crippen molar-refractivity contribution in [3.63, 3.8) is 0 Å². The molecule has 0 saturated heterocycles. The fraction of sp³-hybridized carbons (Fsp3) is 0.818. The molecule has 1 atom stereocenters. The highest BCUT2D eigenvalue weighted by atomic mass is 16.2. The van der Waals surface area contributed by atoms with Crippen molar-refractivity contribution in [3.05, 3.63) is 0 Å². The average Bonchev–Trinajstić information content (AvgIpc) is 2.84. The molecule has 0 heterocycles. The first-order chi connectivity index (χ1) is 7.28. The number of carbonyl (C=O) groups is 2. The highest BCUT2D eigenvalue weighted by Gasteiger charge is 2.25. The molecule has 0 radical (unpaired) electrons. The number of nitrogens with one attached hydrogen (secondary N) is 3. The zero-order valence-corrected chi connectivity index (χ0v) is 10.4. The van der Waals surface area contributed by atoms with Crippen LogP contribution in [0.25, 0.3) is 0 Å². The Hall–Kier alpha value is -1.26. The molecule has 3 N–H and O–H groups in total. The predicted octanol–water partition coefficient (Wildman–Crippen LogP) is 0.751. The molecule has 0 aromatic rings. The molecule has 1 fully saturated rings. The Bertz CT molecular complexity index is 279. The topological polar surface area (TPSA) is 70.2 Å². The molecule has 1 rings (SSSR count). The zero-order chi connectivity index (χ0) is 12.3. The van der Waals surface area contributed by atoms with E-state index in [1.54, 1.807) is 6.92 Å². The fourth-order valence-corrected chi connectivity index (χ4v) is 1.19. The SMILES string of the molecule is CC(NC(=O)NC1CC1)C(=O)NC(C)(C)C. The van der Waals surface area contributed by atoms with Crippen LogP contribution in [0.4, 0.5) is 4.79 Å². The van der Waals surface area contributed by atoms with E-state index in [2.05, 4.69) is 16.0 Å². The molecule has 92 valence electrons. The number of hydrogen-bond donors (Lipinski definition) is 3. The lowest BCUT2D eigenvalue weighted by molar-refractivity contribution is -0.123. The van der Waals surface area contributed by atoms with E-state index in [0.29, 0.717) is 6.04 Å². The van der Waals surface area contributed by atoms with Crippen LogP contribution in [0.15, 0.2) is 0 Å². The second kappa shape index (κ2) is 4.72. The monoisotopic (exact) mass is 227 g/mol. The van der Waals surface area contributed by atoms with Gasteiger partial charge >= 0.3 is 6.03 Å². The third-order valence-corrected chi connectivity index (χ3v) is 2.15. The Labute approximate surface area is 96.4 Å². The van der Waals surface area contributed by atoms with Gasteiger partial charge in [0.25, 0.3) is 0 Å². The third-order valence-electron chi connectivity index (χ3n) is 2.15. The van der Waals surface area contributed by atoms with E-state index in [0.717, 1.165) is 12.8 Å². The van der Waals surface area contributed by atoms with E-state index >= 15 is 0 Å². The van der Waals surface area contributed by atoms with E-state index in [1.165, 1.54) is 0 Å². The first-order valence-electron chi connectivity index (χ1n) is 5.67. The Kier molecular flexibility index (Phi) is 3.78. The fourth-order valence-electron chi connectivity index (χ4n) is 1.19. The van der Waals surface area contributed by atoms with Gasteiger partial charge in [0.1, 0.15) is 6.04 Å². The summed E-state index contributed by atoms with van der Waals surface area (Å²) in [6.07, 6.45) is 2.08. The summed E-state index contributed by atoms with van der Waals surface area (Å²) in [6, 6.07) is -0.477. The average molecular weight is 227 g/mol. The van der Waals surface area contributed by atoms with Gasteiger partial charge in [-0.15, -0.1) is 0 Å². The second-order valence-electron chi connectivity index (χ2n) is 5.35. The molecule has 0 aromatic heterocycles. The van der Waals surface area contributed by atoms with E-state index < -0.39 is 6.04 Å². The van der Waals surface area contributed by atoms with Gasteiger partial charge in [-0.05, 0) is 40.5 Å². The van der Waals surface area contributed by atoms with Crippen LogP contribution in [0.2, 0.25) is 0 Å². The molecule has 16 heavy (non-hydrogen) atoms. The van der Waals surface area contributed by atoms with Gasteiger partial charge in [-0.2, -0.15) is 0 Å². The summed E-state index contributed by atoms with van der Waals surface area (Å²) in [5, 5.41) is 8.20. The first kappa shape index (κ1) is 12.8.